The summed E-state index contributed by atoms with van der Waals surface area (Å²) in [5.41, 5.74) is 2.35. The van der Waals surface area contributed by atoms with E-state index in [2.05, 4.69) is 10.6 Å². The van der Waals surface area contributed by atoms with Gasteiger partial charge < -0.3 is 15.4 Å². The first-order valence-corrected chi connectivity index (χ1v) is 10.4. The van der Waals surface area contributed by atoms with E-state index in [0.717, 1.165) is 12.0 Å². The third-order valence-electron chi connectivity index (χ3n) is 4.39. The standard InChI is InChI=1S/C23H24N2O3S/c1-17(18-7-3-2-4-8-18)28-15-6-14-24-22(26)19-10-12-20(13-11-19)25-23(27)21-9-5-16-29-21/h2-5,7-13,16-17H,6,14-15H2,1H3,(H,24,26)(H,25,27). The summed E-state index contributed by atoms with van der Waals surface area (Å²) in [7, 11) is 0. The van der Waals surface area contributed by atoms with Gasteiger partial charge in [0.2, 0.25) is 0 Å². The Morgan fingerprint density at radius 1 is 0.966 bits per heavy atom. The molecule has 3 rings (SSSR count). The van der Waals surface area contributed by atoms with Crippen molar-refractivity contribution in [2.24, 2.45) is 0 Å². The second kappa shape index (κ2) is 10.5. The van der Waals surface area contributed by atoms with Crippen molar-refractivity contribution in [3.63, 3.8) is 0 Å². The highest BCUT2D eigenvalue weighted by atomic mass is 32.1. The molecule has 2 aromatic carbocycles. The van der Waals surface area contributed by atoms with Crippen molar-refractivity contribution in [3.05, 3.63) is 88.1 Å². The van der Waals surface area contributed by atoms with Crippen molar-refractivity contribution in [1.82, 2.24) is 5.32 Å². The minimum Gasteiger partial charge on any atom is -0.374 e. The smallest absolute Gasteiger partial charge is 0.265 e. The van der Waals surface area contributed by atoms with Crippen LogP contribution in [0.4, 0.5) is 5.69 Å². The Morgan fingerprint density at radius 3 is 2.41 bits per heavy atom. The van der Waals surface area contributed by atoms with Crippen LogP contribution in [0.1, 0.15) is 45.0 Å². The number of ether oxygens (including phenoxy) is 1. The molecule has 0 saturated carbocycles. The highest BCUT2D eigenvalue weighted by Crippen LogP contribution is 2.16. The van der Waals surface area contributed by atoms with Crippen molar-refractivity contribution >= 4 is 28.8 Å². The van der Waals surface area contributed by atoms with Crippen molar-refractivity contribution < 1.29 is 14.3 Å². The molecule has 0 bridgehead atoms. The van der Waals surface area contributed by atoms with Crippen LogP contribution in [-0.2, 0) is 4.74 Å². The summed E-state index contributed by atoms with van der Waals surface area (Å²) in [5, 5.41) is 7.56. The summed E-state index contributed by atoms with van der Waals surface area (Å²) in [6.07, 6.45) is 0.765. The first-order valence-electron chi connectivity index (χ1n) is 9.53. The van der Waals surface area contributed by atoms with E-state index >= 15 is 0 Å². The molecule has 3 aromatic rings. The van der Waals surface area contributed by atoms with Gasteiger partial charge in [0, 0.05) is 24.4 Å². The predicted octanol–water partition coefficient (Wildman–Crippen LogP) is 4.90. The Bertz CT molecular complexity index is 909. The lowest BCUT2D eigenvalue weighted by molar-refractivity contribution is 0.0635. The second-order valence-electron chi connectivity index (χ2n) is 6.54. The molecule has 2 N–H and O–H groups in total. The van der Waals surface area contributed by atoms with Crippen LogP contribution in [0.5, 0.6) is 0 Å². The van der Waals surface area contributed by atoms with Crippen LogP contribution in [-0.4, -0.2) is 25.0 Å². The number of carbonyl (C=O) groups excluding carboxylic acids is 2. The van der Waals surface area contributed by atoms with Gasteiger partial charge in [-0.2, -0.15) is 0 Å². The number of nitrogens with one attached hydrogen (secondary N) is 2. The molecule has 29 heavy (non-hydrogen) atoms. The Hall–Kier alpha value is -2.96. The minimum absolute atomic E-state index is 0.0313. The van der Waals surface area contributed by atoms with Gasteiger partial charge in [0.25, 0.3) is 11.8 Å². The van der Waals surface area contributed by atoms with Crippen LogP contribution >= 0.6 is 11.3 Å². The molecule has 1 atom stereocenters. The third kappa shape index (κ3) is 6.27. The normalized spacial score (nSPS) is 11.6. The predicted molar refractivity (Wildman–Crippen MR) is 116 cm³/mol. The SMILES string of the molecule is CC(OCCCNC(=O)c1ccc(NC(=O)c2cccs2)cc1)c1ccccc1. The zero-order valence-electron chi connectivity index (χ0n) is 16.3. The molecule has 5 nitrogen and oxygen atoms in total. The maximum absolute atomic E-state index is 12.2. The van der Waals surface area contributed by atoms with Crippen LogP contribution in [0.3, 0.4) is 0 Å². The van der Waals surface area contributed by atoms with E-state index in [9.17, 15) is 9.59 Å². The Morgan fingerprint density at radius 2 is 1.72 bits per heavy atom. The lowest BCUT2D eigenvalue weighted by Gasteiger charge is -2.13. The first kappa shape index (κ1) is 20.8. The average Bonchev–Trinajstić information content (AvgIpc) is 3.29. The van der Waals surface area contributed by atoms with Crippen molar-refractivity contribution in [3.8, 4) is 0 Å². The molecule has 0 aliphatic heterocycles. The van der Waals surface area contributed by atoms with Crippen molar-refractivity contribution in [1.29, 1.82) is 0 Å². The lowest BCUT2D eigenvalue weighted by Crippen LogP contribution is -2.25. The van der Waals surface area contributed by atoms with Crippen LogP contribution in [0, 0.1) is 0 Å². The minimum atomic E-state index is -0.151. The van der Waals surface area contributed by atoms with Crippen LogP contribution < -0.4 is 10.6 Å². The zero-order valence-corrected chi connectivity index (χ0v) is 17.1. The number of rotatable bonds is 9. The summed E-state index contributed by atoms with van der Waals surface area (Å²) < 4.78 is 5.81. The Kier molecular flexibility index (Phi) is 7.55. The van der Waals surface area contributed by atoms with Crippen LogP contribution in [0.15, 0.2) is 72.1 Å². The maximum atomic E-state index is 12.2. The summed E-state index contributed by atoms with van der Waals surface area (Å²) >= 11 is 1.39. The number of thiophene rings is 1. The molecular formula is C23H24N2O3S. The highest BCUT2D eigenvalue weighted by Gasteiger charge is 2.09. The molecular weight excluding hydrogens is 384 g/mol. The number of amides is 2. The quantitative estimate of drug-likeness (QED) is 0.495. The van der Waals surface area contributed by atoms with Crippen molar-refractivity contribution in [2.45, 2.75) is 19.4 Å². The fourth-order valence-corrected chi connectivity index (χ4v) is 3.38. The number of hydrogen-bond acceptors (Lipinski definition) is 4. The van der Waals surface area contributed by atoms with Crippen LogP contribution in [0.2, 0.25) is 0 Å². The van der Waals surface area contributed by atoms with Gasteiger partial charge in [-0.15, -0.1) is 11.3 Å². The monoisotopic (exact) mass is 408 g/mol. The number of benzene rings is 2. The van der Waals surface area contributed by atoms with Gasteiger partial charge in [0.05, 0.1) is 11.0 Å². The van der Waals surface area contributed by atoms with Gasteiger partial charge in [0.1, 0.15) is 0 Å². The topological polar surface area (TPSA) is 67.4 Å². The molecule has 2 amide bonds. The van der Waals surface area contributed by atoms with Gasteiger partial charge in [-0.1, -0.05) is 36.4 Å². The molecule has 0 radical (unpaired) electrons. The summed E-state index contributed by atoms with van der Waals surface area (Å²) in [4.78, 5) is 24.9. The van der Waals surface area contributed by atoms with E-state index < -0.39 is 0 Å². The zero-order chi connectivity index (χ0) is 20.5. The molecule has 0 aliphatic carbocycles. The summed E-state index contributed by atoms with van der Waals surface area (Å²) in [5.74, 6) is -0.292. The van der Waals surface area contributed by atoms with E-state index in [1.807, 2.05) is 48.7 Å². The molecule has 1 aromatic heterocycles. The van der Waals surface area contributed by atoms with Gasteiger partial charge >= 0.3 is 0 Å². The molecule has 150 valence electrons. The van der Waals surface area contributed by atoms with E-state index in [4.69, 9.17) is 4.74 Å². The van der Waals surface area contributed by atoms with E-state index in [1.54, 1.807) is 30.3 Å². The molecule has 0 aliphatic rings. The molecule has 1 unspecified atom stereocenters. The number of anilines is 1. The van der Waals surface area contributed by atoms with Crippen molar-refractivity contribution in [2.75, 3.05) is 18.5 Å². The lowest BCUT2D eigenvalue weighted by atomic mass is 10.1. The van der Waals surface area contributed by atoms with E-state index in [1.165, 1.54) is 11.3 Å². The molecule has 0 saturated heterocycles. The van der Waals surface area contributed by atoms with Gasteiger partial charge in [-0.25, -0.2) is 0 Å². The fourth-order valence-electron chi connectivity index (χ4n) is 2.76. The maximum Gasteiger partial charge on any atom is 0.265 e. The average molecular weight is 409 g/mol. The Labute approximate surface area is 174 Å². The Balaban J connectivity index is 1.37. The number of hydrogen-bond donors (Lipinski definition) is 2. The van der Waals surface area contributed by atoms with Gasteiger partial charge in [-0.3, -0.25) is 9.59 Å². The summed E-state index contributed by atoms with van der Waals surface area (Å²) in [6.45, 7) is 3.13. The molecule has 0 fully saturated rings. The molecule has 6 heteroatoms. The van der Waals surface area contributed by atoms with Crippen LogP contribution in [0.25, 0.3) is 0 Å². The molecule has 0 spiro atoms. The first-order chi connectivity index (χ1) is 14.1. The largest absolute Gasteiger partial charge is 0.374 e. The van der Waals surface area contributed by atoms with E-state index in [0.29, 0.717) is 29.3 Å². The van der Waals surface area contributed by atoms with E-state index in [-0.39, 0.29) is 17.9 Å². The molecule has 1 heterocycles. The third-order valence-corrected chi connectivity index (χ3v) is 5.26. The number of carbonyl (C=O) groups is 2. The van der Waals surface area contributed by atoms with Gasteiger partial charge in [0.15, 0.2) is 0 Å². The fraction of sp³-hybridized carbons (Fsp3) is 0.217. The summed E-state index contributed by atoms with van der Waals surface area (Å²) in [6, 6.07) is 20.5. The second-order valence-corrected chi connectivity index (χ2v) is 7.49. The van der Waals surface area contributed by atoms with Gasteiger partial charge in [-0.05, 0) is 54.6 Å². The highest BCUT2D eigenvalue weighted by molar-refractivity contribution is 7.12.